The van der Waals surface area contributed by atoms with Crippen molar-refractivity contribution in [1.82, 2.24) is 9.21 Å². The van der Waals surface area contributed by atoms with Crippen molar-refractivity contribution < 1.29 is 13.2 Å². The maximum atomic E-state index is 12.8. The van der Waals surface area contributed by atoms with Gasteiger partial charge in [0.05, 0.1) is 15.8 Å². The number of carbonyl (C=O) groups excluding carboxylic acids is 1. The fourth-order valence-electron chi connectivity index (χ4n) is 4.92. The number of halogens is 2. The second-order valence-electron chi connectivity index (χ2n) is 8.54. The molecule has 30 heavy (non-hydrogen) atoms. The molecule has 0 atom stereocenters. The average Bonchev–Trinajstić information content (AvgIpc) is 2.75. The average molecular weight is 475 g/mol. The molecule has 0 bridgehead atoms. The monoisotopic (exact) mass is 474 g/mol. The van der Waals surface area contributed by atoms with E-state index in [-0.39, 0.29) is 17.1 Å². The zero-order chi connectivity index (χ0) is 21.8. The number of piperazine rings is 1. The van der Waals surface area contributed by atoms with Gasteiger partial charge in [0.1, 0.15) is 0 Å². The van der Waals surface area contributed by atoms with Crippen molar-refractivity contribution in [3.8, 4) is 0 Å². The van der Waals surface area contributed by atoms with Crippen LogP contribution in [0.4, 0.5) is 0 Å². The Hall–Kier alpha value is -0.660. The van der Waals surface area contributed by atoms with E-state index in [0.717, 1.165) is 45.2 Å². The summed E-state index contributed by atoms with van der Waals surface area (Å²) in [6.07, 6.45) is 7.61. The normalized spacial score (nSPS) is 20.9. The predicted molar refractivity (Wildman–Crippen MR) is 123 cm³/mol. The van der Waals surface area contributed by atoms with E-state index in [1.54, 1.807) is 22.5 Å². The standard InChI is InChI=1S/C22H32Cl2N2O3S/c1-2-16-30(28,29)26-14-12-25(13-15-26)22(9-4-3-5-10-22)11-8-21(27)18-6-7-19(23)20(24)17-18/h6-7,17H,2-5,8-16H2,1H3. The summed E-state index contributed by atoms with van der Waals surface area (Å²) in [5.41, 5.74) is 0.593. The lowest BCUT2D eigenvalue weighted by molar-refractivity contribution is 0.0165. The molecular weight excluding hydrogens is 443 g/mol. The molecule has 1 aromatic rings. The number of nitrogens with zero attached hydrogens (tertiary/aromatic N) is 2. The molecule has 1 aliphatic carbocycles. The minimum absolute atomic E-state index is 0.00919. The van der Waals surface area contributed by atoms with E-state index in [2.05, 4.69) is 4.90 Å². The molecule has 5 nitrogen and oxygen atoms in total. The first-order valence-electron chi connectivity index (χ1n) is 11.0. The molecule has 1 saturated heterocycles. The second kappa shape index (κ2) is 10.3. The third kappa shape index (κ3) is 5.57. The second-order valence-corrected chi connectivity index (χ2v) is 11.4. The Labute approximate surface area is 190 Å². The molecule has 0 spiro atoms. The van der Waals surface area contributed by atoms with E-state index in [0.29, 0.717) is 41.5 Å². The minimum Gasteiger partial charge on any atom is -0.295 e. The Kier molecular flexibility index (Phi) is 8.24. The third-order valence-electron chi connectivity index (χ3n) is 6.61. The van der Waals surface area contributed by atoms with Crippen molar-refractivity contribution in [2.24, 2.45) is 0 Å². The molecule has 8 heteroatoms. The third-order valence-corrected chi connectivity index (χ3v) is 9.42. The van der Waals surface area contributed by atoms with Crippen molar-refractivity contribution in [3.05, 3.63) is 33.8 Å². The van der Waals surface area contributed by atoms with Crippen LogP contribution in [0.25, 0.3) is 0 Å². The molecule has 0 aromatic heterocycles. The number of hydrogen-bond donors (Lipinski definition) is 0. The van der Waals surface area contributed by atoms with Crippen LogP contribution in [0.2, 0.25) is 10.0 Å². The molecular formula is C22H32Cl2N2O3S. The number of Topliss-reactive ketones (excluding diaryl/α,β-unsaturated/α-hetero) is 1. The van der Waals surface area contributed by atoms with E-state index >= 15 is 0 Å². The first-order chi connectivity index (χ1) is 14.3. The van der Waals surface area contributed by atoms with Gasteiger partial charge in [-0.3, -0.25) is 9.69 Å². The number of hydrogen-bond acceptors (Lipinski definition) is 4. The molecule has 2 aliphatic rings. The van der Waals surface area contributed by atoms with Crippen LogP contribution in [-0.2, 0) is 10.0 Å². The fraction of sp³-hybridized carbons (Fsp3) is 0.682. The zero-order valence-corrected chi connectivity index (χ0v) is 20.0. The topological polar surface area (TPSA) is 57.7 Å². The van der Waals surface area contributed by atoms with Crippen LogP contribution in [0.3, 0.4) is 0 Å². The quantitative estimate of drug-likeness (QED) is 0.496. The molecule has 1 saturated carbocycles. The fourth-order valence-corrected chi connectivity index (χ4v) is 6.71. The molecule has 2 fully saturated rings. The Bertz CT molecular complexity index is 846. The first kappa shape index (κ1) is 24.0. The SMILES string of the molecule is CCCS(=O)(=O)N1CCN(C2(CCC(=O)c3ccc(Cl)c(Cl)c3)CCCCC2)CC1. The van der Waals surface area contributed by atoms with Gasteiger partial charge in [-0.25, -0.2) is 8.42 Å². The van der Waals surface area contributed by atoms with Crippen LogP contribution >= 0.6 is 23.2 Å². The highest BCUT2D eigenvalue weighted by molar-refractivity contribution is 7.89. The summed E-state index contributed by atoms with van der Waals surface area (Å²) in [6, 6.07) is 5.06. The van der Waals surface area contributed by atoms with Gasteiger partial charge in [-0.1, -0.05) is 49.4 Å². The Morgan fingerprint density at radius 3 is 2.30 bits per heavy atom. The van der Waals surface area contributed by atoms with E-state index in [1.807, 2.05) is 6.92 Å². The number of rotatable bonds is 8. The number of ketones is 1. The Morgan fingerprint density at radius 1 is 1.03 bits per heavy atom. The van der Waals surface area contributed by atoms with Crippen LogP contribution in [0, 0.1) is 0 Å². The Balaban J connectivity index is 1.66. The van der Waals surface area contributed by atoms with Crippen LogP contribution in [0.15, 0.2) is 18.2 Å². The number of sulfonamides is 1. The smallest absolute Gasteiger partial charge is 0.214 e. The van der Waals surface area contributed by atoms with Crippen LogP contribution < -0.4 is 0 Å². The van der Waals surface area contributed by atoms with Gasteiger partial charge in [0.25, 0.3) is 0 Å². The maximum absolute atomic E-state index is 12.8. The zero-order valence-electron chi connectivity index (χ0n) is 17.7. The maximum Gasteiger partial charge on any atom is 0.214 e. The Morgan fingerprint density at radius 2 is 1.70 bits per heavy atom. The van der Waals surface area contributed by atoms with E-state index < -0.39 is 10.0 Å². The van der Waals surface area contributed by atoms with Gasteiger partial charge in [0.2, 0.25) is 10.0 Å². The van der Waals surface area contributed by atoms with Gasteiger partial charge in [-0.2, -0.15) is 4.31 Å². The van der Waals surface area contributed by atoms with Crippen molar-refractivity contribution in [1.29, 1.82) is 0 Å². The van der Waals surface area contributed by atoms with Gasteiger partial charge < -0.3 is 0 Å². The van der Waals surface area contributed by atoms with Crippen molar-refractivity contribution in [3.63, 3.8) is 0 Å². The highest BCUT2D eigenvalue weighted by atomic mass is 35.5. The molecule has 0 amide bonds. The summed E-state index contributed by atoms with van der Waals surface area (Å²) in [5.74, 6) is 0.304. The molecule has 168 valence electrons. The largest absolute Gasteiger partial charge is 0.295 e. The van der Waals surface area contributed by atoms with Gasteiger partial charge >= 0.3 is 0 Å². The summed E-state index contributed by atoms with van der Waals surface area (Å²) in [5, 5.41) is 0.854. The summed E-state index contributed by atoms with van der Waals surface area (Å²) in [7, 11) is -3.15. The molecule has 1 heterocycles. The van der Waals surface area contributed by atoms with Crippen LogP contribution in [0.1, 0.15) is 68.6 Å². The summed E-state index contributed by atoms with van der Waals surface area (Å²) in [4.78, 5) is 15.3. The summed E-state index contributed by atoms with van der Waals surface area (Å²) < 4.78 is 26.5. The number of benzene rings is 1. The van der Waals surface area contributed by atoms with Crippen molar-refractivity contribution in [2.45, 2.75) is 63.8 Å². The first-order valence-corrected chi connectivity index (χ1v) is 13.3. The summed E-state index contributed by atoms with van der Waals surface area (Å²) in [6.45, 7) is 4.47. The lowest BCUT2D eigenvalue weighted by Crippen LogP contribution is -2.58. The van der Waals surface area contributed by atoms with Gasteiger partial charge in [-0.05, 0) is 43.9 Å². The molecule has 1 aliphatic heterocycles. The van der Waals surface area contributed by atoms with Crippen LogP contribution in [0.5, 0.6) is 0 Å². The van der Waals surface area contributed by atoms with E-state index in [1.165, 1.54) is 6.42 Å². The lowest BCUT2D eigenvalue weighted by Gasteiger charge is -2.50. The van der Waals surface area contributed by atoms with E-state index in [9.17, 15) is 13.2 Å². The van der Waals surface area contributed by atoms with Gasteiger partial charge in [0.15, 0.2) is 5.78 Å². The van der Waals surface area contributed by atoms with Crippen LogP contribution in [-0.4, -0.2) is 60.9 Å². The van der Waals surface area contributed by atoms with Gasteiger partial charge in [-0.15, -0.1) is 0 Å². The minimum atomic E-state index is -3.15. The van der Waals surface area contributed by atoms with Gasteiger partial charge in [0, 0.05) is 43.7 Å². The predicted octanol–water partition coefficient (Wildman–Crippen LogP) is 5.02. The molecule has 0 N–H and O–H groups in total. The highest BCUT2D eigenvalue weighted by Gasteiger charge is 2.40. The lowest BCUT2D eigenvalue weighted by atomic mass is 9.76. The highest BCUT2D eigenvalue weighted by Crippen LogP contribution is 2.38. The molecule has 0 unspecified atom stereocenters. The number of carbonyl (C=O) groups is 1. The molecule has 3 rings (SSSR count). The van der Waals surface area contributed by atoms with Crippen molar-refractivity contribution >= 4 is 39.0 Å². The van der Waals surface area contributed by atoms with E-state index in [4.69, 9.17) is 23.2 Å². The summed E-state index contributed by atoms with van der Waals surface area (Å²) >= 11 is 12.1. The molecule has 1 aromatic carbocycles. The van der Waals surface area contributed by atoms with Crippen molar-refractivity contribution in [2.75, 3.05) is 31.9 Å². The molecule has 0 radical (unpaired) electrons.